The Morgan fingerprint density at radius 2 is 0.893 bits per heavy atom. The lowest BCUT2D eigenvalue weighted by Gasteiger charge is -2.48. The Morgan fingerprint density at radius 1 is 0.440 bits per heavy atom. The molecule has 432 valence electrons. The lowest BCUT2D eigenvalue weighted by molar-refractivity contribution is -0.375. The summed E-state index contributed by atoms with van der Waals surface area (Å²) in [5, 5.41) is 137. The van der Waals surface area contributed by atoms with E-state index in [0.29, 0.717) is 25.7 Å². The van der Waals surface area contributed by atoms with Crippen molar-refractivity contribution < 1.29 is 123 Å². The maximum Gasteiger partial charge on any atom is 0.333 e. The molecule has 0 bridgehead atoms. The van der Waals surface area contributed by atoms with E-state index in [1.165, 1.54) is 34.6 Å². The molecule has 0 amide bonds. The summed E-state index contributed by atoms with van der Waals surface area (Å²) < 4.78 is 64.2. The van der Waals surface area contributed by atoms with E-state index >= 15 is 0 Å². The van der Waals surface area contributed by atoms with E-state index in [9.17, 15) is 71.2 Å². The van der Waals surface area contributed by atoms with Gasteiger partial charge in [0.05, 0.1) is 50.8 Å². The van der Waals surface area contributed by atoms with Gasteiger partial charge in [0.15, 0.2) is 37.6 Å². The minimum atomic E-state index is -1.80. The maximum atomic E-state index is 13.7. The van der Waals surface area contributed by atoms with Gasteiger partial charge in [0.25, 0.3) is 0 Å². The molecular formula is C50H82O25. The number of aliphatic hydroxyl groups is 13. The van der Waals surface area contributed by atoms with Crippen LogP contribution < -0.4 is 0 Å². The number of carbonyl (C=O) groups is 1. The van der Waals surface area contributed by atoms with Crippen LogP contribution in [0, 0.1) is 0 Å². The van der Waals surface area contributed by atoms with Gasteiger partial charge in [0, 0.05) is 5.57 Å². The Morgan fingerprint density at radius 3 is 1.47 bits per heavy atom. The number of aliphatic hydroxyl groups excluding tert-OH is 13. The lowest BCUT2D eigenvalue weighted by atomic mass is 9.96. The van der Waals surface area contributed by atoms with Crippen LogP contribution in [-0.4, -0.2) is 252 Å². The first-order chi connectivity index (χ1) is 35.4. The van der Waals surface area contributed by atoms with Gasteiger partial charge in [-0.1, -0.05) is 41.0 Å². The minimum Gasteiger partial charge on any atom is -0.451 e. The van der Waals surface area contributed by atoms with Crippen LogP contribution in [0.15, 0.2) is 46.6 Å². The molecule has 25 heteroatoms. The molecule has 25 unspecified atom stereocenters. The Balaban J connectivity index is 1.19. The fourth-order valence-electron chi connectivity index (χ4n) is 9.02. The average molecular weight is 1080 g/mol. The van der Waals surface area contributed by atoms with Crippen molar-refractivity contribution in [3.8, 4) is 0 Å². The Labute approximate surface area is 436 Å². The van der Waals surface area contributed by atoms with Crippen molar-refractivity contribution in [2.24, 2.45) is 0 Å². The second-order valence-electron chi connectivity index (χ2n) is 20.1. The van der Waals surface area contributed by atoms with Crippen molar-refractivity contribution in [1.29, 1.82) is 0 Å². The monoisotopic (exact) mass is 1080 g/mol. The highest BCUT2D eigenvalue weighted by molar-refractivity contribution is 5.87. The molecule has 5 saturated heterocycles. The van der Waals surface area contributed by atoms with E-state index in [4.69, 9.17) is 52.1 Å². The molecule has 5 rings (SSSR count). The highest BCUT2D eigenvalue weighted by Crippen LogP contribution is 2.35. The van der Waals surface area contributed by atoms with E-state index in [1.807, 2.05) is 19.9 Å². The van der Waals surface area contributed by atoms with Crippen LogP contribution in [-0.2, 0) is 56.9 Å². The highest BCUT2D eigenvalue weighted by atomic mass is 16.8. The van der Waals surface area contributed by atoms with Crippen LogP contribution >= 0.6 is 0 Å². The summed E-state index contributed by atoms with van der Waals surface area (Å²) in [6.07, 6.45) is -27.9. The number of carbonyl (C=O) groups excluding carboxylic acids is 1. The van der Waals surface area contributed by atoms with Crippen molar-refractivity contribution in [3.05, 3.63) is 46.6 Å². The predicted molar refractivity (Wildman–Crippen MR) is 256 cm³/mol. The largest absolute Gasteiger partial charge is 0.451 e. The van der Waals surface area contributed by atoms with E-state index < -0.39 is 166 Å². The predicted octanol–water partition coefficient (Wildman–Crippen LogP) is -2.91. The summed E-state index contributed by atoms with van der Waals surface area (Å²) in [5.41, 5.74) is 2.69. The van der Waals surface area contributed by atoms with Gasteiger partial charge in [0.1, 0.15) is 91.6 Å². The second kappa shape index (κ2) is 29.1. The number of ether oxygens (including phenoxy) is 11. The molecule has 0 spiro atoms. The molecule has 0 aromatic rings. The normalized spacial score (nSPS) is 43.7. The third kappa shape index (κ3) is 16.3. The first kappa shape index (κ1) is 63.3. The molecule has 0 saturated carbocycles. The molecule has 0 radical (unpaired) electrons. The zero-order chi connectivity index (χ0) is 55.6. The van der Waals surface area contributed by atoms with E-state index in [2.05, 4.69) is 0 Å². The van der Waals surface area contributed by atoms with Crippen LogP contribution in [0.2, 0.25) is 0 Å². The molecule has 25 atom stereocenters. The molecule has 5 aliphatic heterocycles. The van der Waals surface area contributed by atoms with Crippen molar-refractivity contribution in [3.63, 3.8) is 0 Å². The summed E-state index contributed by atoms with van der Waals surface area (Å²) in [7, 11) is 0. The van der Waals surface area contributed by atoms with Crippen molar-refractivity contribution in [2.45, 2.75) is 235 Å². The smallest absolute Gasteiger partial charge is 0.333 e. The van der Waals surface area contributed by atoms with Gasteiger partial charge in [-0.15, -0.1) is 0 Å². The van der Waals surface area contributed by atoms with E-state index in [0.717, 1.165) is 16.7 Å². The Hall–Kier alpha value is -2.49. The fraction of sp³-hybridized carbons (Fsp3) is 0.820. The fourth-order valence-corrected chi connectivity index (χ4v) is 9.02. The topological polar surface area (TPSA) is 382 Å². The number of esters is 1. The summed E-state index contributed by atoms with van der Waals surface area (Å²) in [5.74, 6) is -0.877. The van der Waals surface area contributed by atoms with Gasteiger partial charge in [0.2, 0.25) is 0 Å². The molecule has 75 heavy (non-hydrogen) atoms. The summed E-state index contributed by atoms with van der Waals surface area (Å²) in [6.45, 7) is 12.0. The molecule has 0 aliphatic carbocycles. The van der Waals surface area contributed by atoms with Gasteiger partial charge < -0.3 is 118 Å². The molecule has 5 fully saturated rings. The SMILES string of the molecule is CC(=CCO)CCC=C(C)C(=O)OC1C(OC2C(O)C(C)OC(OCC=C(C)CCC=C(C)COC3OC(C)C(O)C(OC4OC(CO)C(O)C(O)C4O)C3O)C2O)OC(C)C(O)C1OC1OC(C)C(O)C(O)C1O. The van der Waals surface area contributed by atoms with Crippen molar-refractivity contribution in [2.75, 3.05) is 26.4 Å². The Kier molecular flexibility index (Phi) is 24.6. The van der Waals surface area contributed by atoms with Gasteiger partial charge >= 0.3 is 5.97 Å². The lowest BCUT2D eigenvalue weighted by Crippen LogP contribution is -2.66. The molecule has 25 nitrogen and oxygen atoms in total. The molecule has 0 aromatic carbocycles. The van der Waals surface area contributed by atoms with Gasteiger partial charge in [-0.2, -0.15) is 0 Å². The molecular weight excluding hydrogens is 1000 g/mol. The van der Waals surface area contributed by atoms with Crippen molar-refractivity contribution >= 4 is 5.97 Å². The summed E-state index contributed by atoms with van der Waals surface area (Å²) in [4.78, 5) is 13.7. The van der Waals surface area contributed by atoms with Gasteiger partial charge in [-0.25, -0.2) is 4.79 Å². The molecule has 5 aliphatic rings. The van der Waals surface area contributed by atoms with E-state index in [-0.39, 0.29) is 25.4 Å². The van der Waals surface area contributed by atoms with Crippen LogP contribution in [0.1, 0.15) is 81.1 Å². The van der Waals surface area contributed by atoms with Crippen LogP contribution in [0.3, 0.4) is 0 Å². The first-order valence-electron chi connectivity index (χ1n) is 25.4. The van der Waals surface area contributed by atoms with E-state index in [1.54, 1.807) is 25.2 Å². The minimum absolute atomic E-state index is 0.00325. The Bertz CT molecular complexity index is 1900. The van der Waals surface area contributed by atoms with Crippen LogP contribution in [0.5, 0.6) is 0 Å². The molecule has 0 aromatic heterocycles. The first-order valence-corrected chi connectivity index (χ1v) is 25.4. The highest BCUT2D eigenvalue weighted by Gasteiger charge is 2.55. The second-order valence-corrected chi connectivity index (χ2v) is 20.1. The number of hydrogen-bond acceptors (Lipinski definition) is 25. The standard InChI is InChI=1S/C50H82O25/c1-21(15-17-51)12-10-14-24(4)45(64)72-44-43(75-48-37(60)35(58)30(53)25(5)69-48)33(56)28(8)70-50(44)74-42-32(55)26(6)67-46(39(42)62)65-18-16-22(2)11-9-13-23(3)20-66-47-40(63)41(31(54)27(7)68-47)73-49-38(61)36(59)34(57)29(19-52)71-49/h13-16,25-44,46-63H,9-12,17-20H2,1-8H3. The number of allylic oxidation sites excluding steroid dienone is 4. The third-order valence-corrected chi connectivity index (χ3v) is 14.0. The molecule has 13 N–H and O–H groups in total. The zero-order valence-corrected chi connectivity index (χ0v) is 43.6. The number of hydrogen-bond donors (Lipinski definition) is 13. The van der Waals surface area contributed by atoms with Gasteiger partial charge in [-0.3, -0.25) is 0 Å². The summed E-state index contributed by atoms with van der Waals surface area (Å²) in [6, 6.07) is 0. The molecule has 5 heterocycles. The van der Waals surface area contributed by atoms with Gasteiger partial charge in [-0.05, 0) is 81.1 Å². The zero-order valence-electron chi connectivity index (χ0n) is 43.6. The maximum absolute atomic E-state index is 13.7. The van der Waals surface area contributed by atoms with Crippen LogP contribution in [0.4, 0.5) is 0 Å². The summed E-state index contributed by atoms with van der Waals surface area (Å²) >= 11 is 0. The van der Waals surface area contributed by atoms with Crippen molar-refractivity contribution in [1.82, 2.24) is 0 Å². The number of rotatable bonds is 22. The third-order valence-electron chi connectivity index (χ3n) is 14.0. The quantitative estimate of drug-likeness (QED) is 0.0294. The van der Waals surface area contributed by atoms with Crippen LogP contribution in [0.25, 0.3) is 0 Å². The average Bonchev–Trinajstić information content (AvgIpc) is 3.37.